The smallest absolute Gasteiger partial charge is 0.308 e. The van der Waals surface area contributed by atoms with Crippen molar-refractivity contribution in [1.82, 2.24) is 9.88 Å². The van der Waals surface area contributed by atoms with Crippen molar-refractivity contribution in [2.45, 2.75) is 26.3 Å². The van der Waals surface area contributed by atoms with E-state index in [1.165, 1.54) is 0 Å². The number of amides is 1. The van der Waals surface area contributed by atoms with E-state index >= 15 is 0 Å². The molecule has 3 aromatic rings. The van der Waals surface area contributed by atoms with Crippen LogP contribution in [0.4, 0.5) is 0 Å². The number of hydrogen-bond donors (Lipinski definition) is 2. The molecule has 0 saturated carbocycles. The van der Waals surface area contributed by atoms with Crippen LogP contribution in [0.15, 0.2) is 60.8 Å². The molecule has 3 rings (SSSR count). The Hall–Kier alpha value is -3.08. The Labute approximate surface area is 158 Å². The second-order valence-corrected chi connectivity index (χ2v) is 6.66. The van der Waals surface area contributed by atoms with E-state index in [9.17, 15) is 14.7 Å². The first-order valence-corrected chi connectivity index (χ1v) is 9.18. The predicted molar refractivity (Wildman–Crippen MR) is 106 cm³/mol. The van der Waals surface area contributed by atoms with E-state index in [1.54, 1.807) is 0 Å². The summed E-state index contributed by atoms with van der Waals surface area (Å²) in [6, 6.07) is 17.5. The fourth-order valence-electron chi connectivity index (χ4n) is 3.34. The van der Waals surface area contributed by atoms with Crippen LogP contribution >= 0.6 is 0 Å². The van der Waals surface area contributed by atoms with Crippen LogP contribution in [0.1, 0.15) is 18.1 Å². The standard InChI is InChI=1S/C22H24N2O3/c1-2-24-15-18(19-10-6-7-11-20(19)24)13-21(25)23-14-17(22(26)27)12-16-8-4-3-5-9-16/h3-11,15,17H,2,12-14H2,1H3,(H,23,25)(H,26,27). The second kappa shape index (κ2) is 8.54. The highest BCUT2D eigenvalue weighted by Crippen LogP contribution is 2.21. The van der Waals surface area contributed by atoms with Crippen molar-refractivity contribution < 1.29 is 14.7 Å². The summed E-state index contributed by atoms with van der Waals surface area (Å²) >= 11 is 0. The van der Waals surface area contributed by atoms with Crippen molar-refractivity contribution in [2.24, 2.45) is 5.92 Å². The van der Waals surface area contributed by atoms with Crippen LogP contribution in [0.3, 0.4) is 0 Å². The summed E-state index contributed by atoms with van der Waals surface area (Å²) in [4.78, 5) is 24.0. The Morgan fingerprint density at radius 2 is 1.78 bits per heavy atom. The maximum absolute atomic E-state index is 12.4. The average molecular weight is 364 g/mol. The Morgan fingerprint density at radius 1 is 1.07 bits per heavy atom. The number of rotatable bonds is 8. The van der Waals surface area contributed by atoms with E-state index < -0.39 is 11.9 Å². The van der Waals surface area contributed by atoms with Gasteiger partial charge < -0.3 is 15.0 Å². The number of nitrogens with one attached hydrogen (secondary N) is 1. The van der Waals surface area contributed by atoms with Crippen LogP contribution in [0.5, 0.6) is 0 Å². The van der Waals surface area contributed by atoms with Crippen LogP contribution < -0.4 is 5.32 Å². The van der Waals surface area contributed by atoms with E-state index in [4.69, 9.17) is 0 Å². The fourth-order valence-corrected chi connectivity index (χ4v) is 3.34. The normalized spacial score (nSPS) is 12.0. The maximum atomic E-state index is 12.4. The molecule has 5 heteroatoms. The van der Waals surface area contributed by atoms with Crippen molar-refractivity contribution in [2.75, 3.05) is 6.54 Å². The summed E-state index contributed by atoms with van der Waals surface area (Å²) in [6.07, 6.45) is 2.64. The zero-order valence-corrected chi connectivity index (χ0v) is 15.4. The summed E-state index contributed by atoms with van der Waals surface area (Å²) < 4.78 is 2.12. The van der Waals surface area contributed by atoms with Gasteiger partial charge in [0.15, 0.2) is 0 Å². The van der Waals surface area contributed by atoms with Gasteiger partial charge >= 0.3 is 5.97 Å². The molecule has 1 aromatic heterocycles. The lowest BCUT2D eigenvalue weighted by Crippen LogP contribution is -2.34. The summed E-state index contributed by atoms with van der Waals surface area (Å²) in [6.45, 7) is 3.02. The third kappa shape index (κ3) is 4.56. The molecule has 0 radical (unpaired) electrons. The molecule has 0 aliphatic rings. The zero-order chi connectivity index (χ0) is 19.2. The number of nitrogens with zero attached hydrogens (tertiary/aromatic N) is 1. The molecule has 0 bridgehead atoms. The van der Waals surface area contributed by atoms with Crippen LogP contribution in [-0.4, -0.2) is 28.1 Å². The van der Waals surface area contributed by atoms with Gasteiger partial charge in [-0.3, -0.25) is 9.59 Å². The van der Waals surface area contributed by atoms with E-state index in [0.717, 1.165) is 28.6 Å². The summed E-state index contributed by atoms with van der Waals surface area (Å²) in [5, 5.41) is 13.3. The van der Waals surface area contributed by atoms with Gasteiger partial charge in [0.25, 0.3) is 0 Å². The Balaban J connectivity index is 1.64. The fraction of sp³-hybridized carbons (Fsp3) is 0.273. The maximum Gasteiger partial charge on any atom is 0.308 e. The summed E-state index contributed by atoms with van der Waals surface area (Å²) in [5.41, 5.74) is 3.01. The minimum Gasteiger partial charge on any atom is -0.481 e. The minimum absolute atomic E-state index is 0.121. The van der Waals surface area contributed by atoms with Gasteiger partial charge in [0, 0.05) is 30.2 Å². The molecule has 2 aromatic carbocycles. The molecular weight excluding hydrogens is 340 g/mol. The van der Waals surface area contributed by atoms with Crippen LogP contribution in [-0.2, 0) is 29.0 Å². The zero-order valence-electron chi connectivity index (χ0n) is 15.4. The van der Waals surface area contributed by atoms with Crippen molar-refractivity contribution in [1.29, 1.82) is 0 Å². The van der Waals surface area contributed by atoms with Gasteiger partial charge in [-0.2, -0.15) is 0 Å². The number of aliphatic carboxylic acids is 1. The largest absolute Gasteiger partial charge is 0.481 e. The molecule has 5 nitrogen and oxygen atoms in total. The molecule has 1 heterocycles. The summed E-state index contributed by atoms with van der Waals surface area (Å²) in [5.74, 6) is -1.71. The predicted octanol–water partition coefficient (Wildman–Crippen LogP) is 3.26. The average Bonchev–Trinajstić information content (AvgIpc) is 3.03. The molecule has 0 spiro atoms. The van der Waals surface area contributed by atoms with Gasteiger partial charge in [-0.15, -0.1) is 0 Å². The number of carboxylic acids is 1. The van der Waals surface area contributed by atoms with Crippen molar-refractivity contribution in [3.63, 3.8) is 0 Å². The number of carbonyl (C=O) groups excluding carboxylic acids is 1. The van der Waals surface area contributed by atoms with E-state index in [-0.39, 0.29) is 18.9 Å². The molecule has 1 unspecified atom stereocenters. The molecule has 140 valence electrons. The van der Waals surface area contributed by atoms with Gasteiger partial charge in [0.05, 0.1) is 12.3 Å². The molecular formula is C22H24N2O3. The van der Waals surface area contributed by atoms with Gasteiger partial charge in [0.2, 0.25) is 5.91 Å². The Bertz CT molecular complexity index is 931. The first kappa shape index (κ1) is 18.7. The Morgan fingerprint density at radius 3 is 2.48 bits per heavy atom. The molecule has 1 atom stereocenters. The first-order chi connectivity index (χ1) is 13.1. The third-order valence-corrected chi connectivity index (χ3v) is 4.78. The number of carboxylic acid groups (broad SMARTS) is 1. The molecule has 1 amide bonds. The second-order valence-electron chi connectivity index (χ2n) is 6.66. The summed E-state index contributed by atoms with van der Waals surface area (Å²) in [7, 11) is 0. The van der Waals surface area contributed by atoms with Crippen LogP contribution in [0.2, 0.25) is 0 Å². The third-order valence-electron chi connectivity index (χ3n) is 4.78. The molecule has 27 heavy (non-hydrogen) atoms. The quantitative estimate of drug-likeness (QED) is 0.644. The number of hydrogen-bond acceptors (Lipinski definition) is 2. The highest BCUT2D eigenvalue weighted by atomic mass is 16.4. The monoisotopic (exact) mass is 364 g/mol. The van der Waals surface area contributed by atoms with Gasteiger partial charge in [0.1, 0.15) is 0 Å². The van der Waals surface area contributed by atoms with Gasteiger partial charge in [-0.1, -0.05) is 48.5 Å². The van der Waals surface area contributed by atoms with E-state index in [2.05, 4.69) is 16.8 Å². The Kier molecular flexibility index (Phi) is 5.91. The van der Waals surface area contributed by atoms with E-state index in [1.807, 2.05) is 60.8 Å². The number of carbonyl (C=O) groups is 2. The van der Waals surface area contributed by atoms with Crippen molar-refractivity contribution >= 4 is 22.8 Å². The lowest BCUT2D eigenvalue weighted by molar-refractivity contribution is -0.141. The highest BCUT2D eigenvalue weighted by Gasteiger charge is 2.19. The topological polar surface area (TPSA) is 71.3 Å². The lowest BCUT2D eigenvalue weighted by atomic mass is 9.99. The number of aryl methyl sites for hydroxylation is 1. The molecule has 2 N–H and O–H groups in total. The number of aromatic nitrogens is 1. The lowest BCUT2D eigenvalue weighted by Gasteiger charge is -2.13. The van der Waals surface area contributed by atoms with Crippen molar-refractivity contribution in [3.05, 3.63) is 71.9 Å². The molecule has 0 aliphatic heterocycles. The SMILES string of the molecule is CCn1cc(CC(=O)NCC(Cc2ccccc2)C(=O)O)c2ccccc21. The van der Waals surface area contributed by atoms with Crippen molar-refractivity contribution in [3.8, 4) is 0 Å². The number of para-hydroxylation sites is 1. The first-order valence-electron chi connectivity index (χ1n) is 9.18. The number of fused-ring (bicyclic) bond motifs is 1. The van der Waals surface area contributed by atoms with Gasteiger partial charge in [-0.25, -0.2) is 0 Å². The van der Waals surface area contributed by atoms with Gasteiger partial charge in [-0.05, 0) is 30.5 Å². The highest BCUT2D eigenvalue weighted by molar-refractivity contribution is 5.89. The molecule has 0 fully saturated rings. The molecule has 0 saturated heterocycles. The minimum atomic E-state index is -0.901. The molecule has 0 aliphatic carbocycles. The van der Waals surface area contributed by atoms with Crippen LogP contribution in [0.25, 0.3) is 10.9 Å². The van der Waals surface area contributed by atoms with E-state index in [0.29, 0.717) is 6.42 Å². The van der Waals surface area contributed by atoms with Crippen LogP contribution in [0, 0.1) is 5.92 Å². The number of benzene rings is 2.